The van der Waals surface area contributed by atoms with E-state index in [2.05, 4.69) is 4.98 Å². The Morgan fingerprint density at radius 1 is 1.47 bits per heavy atom. The molecule has 0 amide bonds. The Balaban J connectivity index is 1.80. The van der Waals surface area contributed by atoms with Crippen LogP contribution in [0.1, 0.15) is 31.4 Å². The highest BCUT2D eigenvalue weighted by atomic mass is 19.3. The van der Waals surface area contributed by atoms with E-state index in [-0.39, 0.29) is 24.8 Å². The van der Waals surface area contributed by atoms with Crippen LogP contribution in [0.5, 0.6) is 0 Å². The highest BCUT2D eigenvalue weighted by Crippen LogP contribution is 2.40. The number of hydrogen-bond donors (Lipinski definition) is 1. The molecule has 1 aliphatic carbocycles. The third-order valence-electron chi connectivity index (χ3n) is 3.34. The molecule has 2 unspecified atom stereocenters. The Bertz CT molecular complexity index is 354. The summed E-state index contributed by atoms with van der Waals surface area (Å²) < 4.78 is 26.0. The molecule has 1 aromatic heterocycles. The molecule has 2 atom stereocenters. The first-order chi connectivity index (χ1) is 8.05. The highest BCUT2D eigenvalue weighted by molar-refractivity contribution is 5.05. The fourth-order valence-electron chi connectivity index (χ4n) is 2.54. The largest absolute Gasteiger partial charge is 0.327 e. The topological polar surface area (TPSA) is 38.9 Å². The summed E-state index contributed by atoms with van der Waals surface area (Å²) in [7, 11) is 0. The molecular weight excluding hydrogens is 222 g/mol. The molecule has 0 bridgehead atoms. The first-order valence-electron chi connectivity index (χ1n) is 6.08. The molecule has 94 valence electrons. The molecule has 4 heteroatoms. The van der Waals surface area contributed by atoms with Gasteiger partial charge in [-0.1, -0.05) is 6.07 Å². The van der Waals surface area contributed by atoms with Gasteiger partial charge in [-0.2, -0.15) is 0 Å². The van der Waals surface area contributed by atoms with E-state index in [1.807, 2.05) is 18.2 Å². The summed E-state index contributed by atoms with van der Waals surface area (Å²) in [5.74, 6) is -2.39. The van der Waals surface area contributed by atoms with Crippen molar-refractivity contribution in [1.82, 2.24) is 4.98 Å². The summed E-state index contributed by atoms with van der Waals surface area (Å²) in [6, 6.07) is 5.62. The molecule has 1 saturated carbocycles. The second-order valence-corrected chi connectivity index (χ2v) is 4.99. The van der Waals surface area contributed by atoms with Gasteiger partial charge in [0.25, 0.3) is 0 Å². The molecule has 0 spiro atoms. The van der Waals surface area contributed by atoms with E-state index in [0.717, 1.165) is 5.69 Å². The maximum Gasteiger partial charge on any atom is 0.248 e. The number of pyridine rings is 1. The quantitative estimate of drug-likeness (QED) is 0.879. The van der Waals surface area contributed by atoms with Crippen LogP contribution in [-0.4, -0.2) is 16.9 Å². The summed E-state index contributed by atoms with van der Waals surface area (Å²) in [6.45, 7) is 0. The molecule has 0 saturated heterocycles. The van der Waals surface area contributed by atoms with Gasteiger partial charge in [-0.05, 0) is 30.9 Å². The van der Waals surface area contributed by atoms with Gasteiger partial charge < -0.3 is 5.73 Å². The van der Waals surface area contributed by atoms with Gasteiger partial charge in [0.2, 0.25) is 5.92 Å². The zero-order valence-electron chi connectivity index (χ0n) is 9.78. The molecule has 1 aliphatic rings. The van der Waals surface area contributed by atoms with Gasteiger partial charge in [-0.25, -0.2) is 8.78 Å². The van der Waals surface area contributed by atoms with E-state index < -0.39 is 5.92 Å². The lowest BCUT2D eigenvalue weighted by molar-refractivity contribution is 0.00448. The lowest BCUT2D eigenvalue weighted by Gasteiger charge is -2.16. The molecule has 2 rings (SSSR count). The van der Waals surface area contributed by atoms with Crippen LogP contribution >= 0.6 is 0 Å². The van der Waals surface area contributed by atoms with Gasteiger partial charge in [-0.15, -0.1) is 0 Å². The van der Waals surface area contributed by atoms with Gasteiger partial charge in [0.15, 0.2) is 0 Å². The van der Waals surface area contributed by atoms with Crippen LogP contribution in [0.25, 0.3) is 0 Å². The van der Waals surface area contributed by atoms with Gasteiger partial charge in [0.1, 0.15) is 0 Å². The molecule has 0 aromatic carbocycles. The summed E-state index contributed by atoms with van der Waals surface area (Å²) in [5.41, 5.74) is 6.92. The highest BCUT2D eigenvalue weighted by Gasteiger charge is 2.39. The minimum absolute atomic E-state index is 0.00290. The number of nitrogens with two attached hydrogens (primary N) is 1. The van der Waals surface area contributed by atoms with E-state index in [1.165, 1.54) is 0 Å². The zero-order valence-corrected chi connectivity index (χ0v) is 9.78. The summed E-state index contributed by atoms with van der Waals surface area (Å²) in [4.78, 5) is 4.19. The number of nitrogens with zero attached hydrogens (tertiary/aromatic N) is 1. The summed E-state index contributed by atoms with van der Waals surface area (Å²) in [5, 5.41) is 0. The second kappa shape index (κ2) is 5.08. The van der Waals surface area contributed by atoms with Gasteiger partial charge >= 0.3 is 0 Å². The molecule has 1 fully saturated rings. The van der Waals surface area contributed by atoms with Crippen molar-refractivity contribution in [2.75, 3.05) is 0 Å². The minimum Gasteiger partial charge on any atom is -0.327 e. The zero-order chi connectivity index (χ0) is 12.3. The number of alkyl halides is 2. The van der Waals surface area contributed by atoms with Crippen LogP contribution in [0.3, 0.4) is 0 Å². The Labute approximate surface area is 100 Å². The van der Waals surface area contributed by atoms with E-state index in [1.54, 1.807) is 6.20 Å². The minimum atomic E-state index is -2.46. The molecule has 17 heavy (non-hydrogen) atoms. The van der Waals surface area contributed by atoms with Crippen molar-refractivity contribution >= 4 is 0 Å². The van der Waals surface area contributed by atoms with E-state index in [9.17, 15) is 8.78 Å². The van der Waals surface area contributed by atoms with Crippen molar-refractivity contribution in [1.29, 1.82) is 0 Å². The fourth-order valence-corrected chi connectivity index (χ4v) is 2.54. The van der Waals surface area contributed by atoms with Gasteiger partial charge in [0.05, 0.1) is 0 Å². The Morgan fingerprint density at radius 3 is 2.88 bits per heavy atom. The van der Waals surface area contributed by atoms with Crippen molar-refractivity contribution in [2.45, 2.75) is 44.1 Å². The summed E-state index contributed by atoms with van der Waals surface area (Å²) in [6.07, 6.45) is 3.70. The van der Waals surface area contributed by atoms with Crippen LogP contribution in [0.2, 0.25) is 0 Å². The van der Waals surface area contributed by atoms with E-state index in [4.69, 9.17) is 5.73 Å². The SMILES string of the molecule is NC(Cc1ccccn1)CC1CCC(F)(F)C1. The standard InChI is InChI=1S/C13H18F2N2/c14-13(15)5-4-10(9-13)7-11(16)8-12-3-1-2-6-17-12/h1-3,6,10-11H,4-5,7-9,16H2. The normalized spacial score (nSPS) is 24.8. The maximum absolute atomic E-state index is 13.0. The Morgan fingerprint density at radius 2 is 2.29 bits per heavy atom. The Hall–Kier alpha value is -1.03. The third-order valence-corrected chi connectivity index (χ3v) is 3.34. The maximum atomic E-state index is 13.0. The van der Waals surface area contributed by atoms with Crippen LogP contribution in [0.15, 0.2) is 24.4 Å². The first-order valence-corrected chi connectivity index (χ1v) is 6.08. The predicted octanol–water partition coefficient (Wildman–Crippen LogP) is 2.78. The van der Waals surface area contributed by atoms with Crippen molar-refractivity contribution in [3.63, 3.8) is 0 Å². The second-order valence-electron chi connectivity index (χ2n) is 4.99. The van der Waals surface area contributed by atoms with Gasteiger partial charge in [-0.3, -0.25) is 4.98 Å². The van der Waals surface area contributed by atoms with Crippen molar-refractivity contribution in [2.24, 2.45) is 11.7 Å². The summed E-state index contributed by atoms with van der Waals surface area (Å²) >= 11 is 0. The van der Waals surface area contributed by atoms with Crippen molar-refractivity contribution in [3.8, 4) is 0 Å². The molecule has 0 radical (unpaired) electrons. The number of aromatic nitrogens is 1. The lowest BCUT2D eigenvalue weighted by Crippen LogP contribution is -2.26. The average Bonchev–Trinajstić information content (AvgIpc) is 2.59. The first kappa shape index (κ1) is 12.4. The average molecular weight is 240 g/mol. The van der Waals surface area contributed by atoms with Gasteiger partial charge in [0, 0.05) is 37.2 Å². The van der Waals surface area contributed by atoms with Crippen LogP contribution < -0.4 is 5.73 Å². The number of rotatable bonds is 4. The number of hydrogen-bond acceptors (Lipinski definition) is 2. The molecular formula is C13H18F2N2. The third kappa shape index (κ3) is 3.73. The molecule has 2 nitrogen and oxygen atoms in total. The molecule has 2 N–H and O–H groups in total. The molecule has 0 aliphatic heterocycles. The van der Waals surface area contributed by atoms with Crippen LogP contribution in [0, 0.1) is 5.92 Å². The van der Waals surface area contributed by atoms with Crippen molar-refractivity contribution < 1.29 is 8.78 Å². The monoisotopic (exact) mass is 240 g/mol. The van der Waals surface area contributed by atoms with Crippen molar-refractivity contribution in [3.05, 3.63) is 30.1 Å². The van der Waals surface area contributed by atoms with E-state index in [0.29, 0.717) is 19.3 Å². The molecule has 1 aromatic rings. The predicted molar refractivity (Wildman–Crippen MR) is 62.8 cm³/mol. The number of halogens is 2. The smallest absolute Gasteiger partial charge is 0.248 e. The van der Waals surface area contributed by atoms with Crippen LogP contribution in [-0.2, 0) is 6.42 Å². The Kier molecular flexibility index (Phi) is 3.72. The lowest BCUT2D eigenvalue weighted by atomic mass is 9.96. The fraction of sp³-hybridized carbons (Fsp3) is 0.615. The molecule has 1 heterocycles. The van der Waals surface area contributed by atoms with Crippen LogP contribution in [0.4, 0.5) is 8.78 Å². The van der Waals surface area contributed by atoms with E-state index >= 15 is 0 Å².